The summed E-state index contributed by atoms with van der Waals surface area (Å²) in [5.74, 6) is 1.61. The Balaban J connectivity index is 2.08. The van der Waals surface area contributed by atoms with Crippen LogP contribution in [0.25, 0.3) is 10.8 Å². The summed E-state index contributed by atoms with van der Waals surface area (Å²) in [7, 11) is 0. The molecule has 1 aliphatic rings. The Morgan fingerprint density at radius 1 is 1.15 bits per heavy atom. The van der Waals surface area contributed by atoms with Crippen molar-refractivity contribution in [2.24, 2.45) is 11.8 Å². The van der Waals surface area contributed by atoms with E-state index in [0.717, 1.165) is 12.5 Å². The summed E-state index contributed by atoms with van der Waals surface area (Å²) in [6, 6.07) is 13.7. The fraction of sp³-hybridized carbons (Fsp3) is 0.444. The Kier molecular flexibility index (Phi) is 4.13. The van der Waals surface area contributed by atoms with Crippen molar-refractivity contribution in [1.29, 1.82) is 0 Å². The van der Waals surface area contributed by atoms with Gasteiger partial charge in [0.15, 0.2) is 0 Å². The van der Waals surface area contributed by atoms with Gasteiger partial charge >= 0.3 is 0 Å². The van der Waals surface area contributed by atoms with Crippen LogP contribution in [0, 0.1) is 11.8 Å². The minimum absolute atomic E-state index is 0.463. The van der Waals surface area contributed by atoms with Gasteiger partial charge in [0.2, 0.25) is 0 Å². The number of benzene rings is 2. The van der Waals surface area contributed by atoms with Crippen molar-refractivity contribution in [3.05, 3.63) is 46.4 Å². The molecule has 2 aromatic carbocycles. The quantitative estimate of drug-likeness (QED) is 0.783. The van der Waals surface area contributed by atoms with Gasteiger partial charge in [0.25, 0.3) is 0 Å². The van der Waals surface area contributed by atoms with Crippen LogP contribution >= 0.6 is 15.9 Å². The normalized spacial score (nSPS) is 18.1. The zero-order valence-electron chi connectivity index (χ0n) is 12.2. The van der Waals surface area contributed by atoms with Crippen molar-refractivity contribution in [2.45, 2.75) is 32.7 Å². The SMILES string of the molecule is CCNC(c1ccc(Br)c2ccccc12)C(C)C1CC1. The summed E-state index contributed by atoms with van der Waals surface area (Å²) >= 11 is 3.68. The van der Waals surface area contributed by atoms with Crippen molar-refractivity contribution in [2.75, 3.05) is 6.54 Å². The molecule has 1 fully saturated rings. The van der Waals surface area contributed by atoms with Gasteiger partial charge in [-0.25, -0.2) is 0 Å². The molecule has 1 saturated carbocycles. The summed E-state index contributed by atoms with van der Waals surface area (Å²) in [6.07, 6.45) is 2.80. The lowest BCUT2D eigenvalue weighted by Crippen LogP contribution is -2.28. The molecule has 20 heavy (non-hydrogen) atoms. The molecular formula is C18H22BrN. The van der Waals surface area contributed by atoms with Gasteiger partial charge in [0.05, 0.1) is 0 Å². The highest BCUT2D eigenvalue weighted by Gasteiger charge is 2.34. The molecule has 0 saturated heterocycles. The molecule has 3 rings (SSSR count). The molecule has 0 aliphatic heterocycles. The topological polar surface area (TPSA) is 12.0 Å². The second-order valence-electron chi connectivity index (χ2n) is 5.91. The summed E-state index contributed by atoms with van der Waals surface area (Å²) < 4.78 is 1.19. The van der Waals surface area contributed by atoms with E-state index in [1.54, 1.807) is 0 Å². The third-order valence-corrected chi connectivity index (χ3v) is 5.25. The Labute approximate surface area is 129 Å². The van der Waals surface area contributed by atoms with E-state index in [2.05, 4.69) is 71.5 Å². The van der Waals surface area contributed by atoms with Gasteiger partial charge in [-0.1, -0.05) is 60.1 Å². The predicted molar refractivity (Wildman–Crippen MR) is 90.0 cm³/mol. The fourth-order valence-electron chi connectivity index (χ4n) is 3.25. The monoisotopic (exact) mass is 331 g/mol. The third kappa shape index (κ3) is 2.64. The van der Waals surface area contributed by atoms with E-state index in [9.17, 15) is 0 Å². The van der Waals surface area contributed by atoms with Gasteiger partial charge < -0.3 is 5.32 Å². The van der Waals surface area contributed by atoms with Crippen LogP contribution in [0.3, 0.4) is 0 Å². The van der Waals surface area contributed by atoms with Gasteiger partial charge in [0, 0.05) is 10.5 Å². The second-order valence-corrected chi connectivity index (χ2v) is 6.77. The Morgan fingerprint density at radius 2 is 1.85 bits per heavy atom. The Hall–Kier alpha value is -0.860. The van der Waals surface area contributed by atoms with E-state index in [0.29, 0.717) is 12.0 Å². The van der Waals surface area contributed by atoms with E-state index in [-0.39, 0.29) is 0 Å². The van der Waals surface area contributed by atoms with Crippen LogP contribution in [0.5, 0.6) is 0 Å². The highest BCUT2D eigenvalue weighted by molar-refractivity contribution is 9.10. The van der Waals surface area contributed by atoms with Crippen molar-refractivity contribution in [1.82, 2.24) is 5.32 Å². The zero-order valence-corrected chi connectivity index (χ0v) is 13.8. The molecule has 1 N–H and O–H groups in total. The minimum Gasteiger partial charge on any atom is -0.310 e. The molecule has 2 unspecified atom stereocenters. The molecule has 2 aromatic rings. The molecule has 0 heterocycles. The zero-order chi connectivity index (χ0) is 14.1. The molecular weight excluding hydrogens is 310 g/mol. The molecule has 1 nitrogen and oxygen atoms in total. The molecule has 106 valence electrons. The van der Waals surface area contributed by atoms with Crippen LogP contribution in [-0.2, 0) is 0 Å². The predicted octanol–water partition coefficient (Wildman–Crippen LogP) is 5.30. The van der Waals surface area contributed by atoms with Gasteiger partial charge in [-0.2, -0.15) is 0 Å². The van der Waals surface area contributed by atoms with Crippen LogP contribution < -0.4 is 5.32 Å². The standard InChI is InChI=1S/C18H22BrN/c1-3-20-18(12(2)13-8-9-13)16-10-11-17(19)15-7-5-4-6-14(15)16/h4-7,10-13,18,20H,3,8-9H2,1-2H3. The molecule has 0 amide bonds. The van der Waals surface area contributed by atoms with Crippen molar-refractivity contribution >= 4 is 26.7 Å². The lowest BCUT2D eigenvalue weighted by molar-refractivity contribution is 0.357. The number of rotatable bonds is 5. The van der Waals surface area contributed by atoms with E-state index < -0.39 is 0 Å². The number of hydrogen-bond acceptors (Lipinski definition) is 1. The number of nitrogens with one attached hydrogen (secondary N) is 1. The van der Waals surface area contributed by atoms with E-state index in [4.69, 9.17) is 0 Å². The van der Waals surface area contributed by atoms with E-state index >= 15 is 0 Å². The van der Waals surface area contributed by atoms with Crippen molar-refractivity contribution in [3.63, 3.8) is 0 Å². The summed E-state index contributed by atoms with van der Waals surface area (Å²) in [6.45, 7) is 5.63. The average Bonchev–Trinajstić information content (AvgIpc) is 3.30. The molecule has 1 aliphatic carbocycles. The van der Waals surface area contributed by atoms with Crippen LogP contribution in [0.15, 0.2) is 40.9 Å². The molecule has 0 aromatic heterocycles. The molecule has 0 radical (unpaired) electrons. The van der Waals surface area contributed by atoms with E-state index in [1.165, 1.54) is 33.7 Å². The molecule has 2 atom stereocenters. The highest BCUT2D eigenvalue weighted by atomic mass is 79.9. The summed E-state index contributed by atoms with van der Waals surface area (Å²) in [4.78, 5) is 0. The van der Waals surface area contributed by atoms with Gasteiger partial charge in [0.1, 0.15) is 0 Å². The Bertz CT molecular complexity index is 603. The fourth-order valence-corrected chi connectivity index (χ4v) is 3.73. The van der Waals surface area contributed by atoms with Crippen LogP contribution in [0.4, 0.5) is 0 Å². The van der Waals surface area contributed by atoms with Gasteiger partial charge in [-0.3, -0.25) is 0 Å². The first kappa shape index (κ1) is 14.1. The summed E-state index contributed by atoms with van der Waals surface area (Å²) in [5.41, 5.74) is 1.45. The summed E-state index contributed by atoms with van der Waals surface area (Å²) in [5, 5.41) is 6.41. The maximum Gasteiger partial charge on any atom is 0.0354 e. The largest absolute Gasteiger partial charge is 0.310 e. The molecule has 2 heteroatoms. The smallest absolute Gasteiger partial charge is 0.0354 e. The van der Waals surface area contributed by atoms with Crippen LogP contribution in [-0.4, -0.2) is 6.54 Å². The maximum atomic E-state index is 3.72. The lowest BCUT2D eigenvalue weighted by atomic mass is 9.87. The second kappa shape index (κ2) is 5.87. The van der Waals surface area contributed by atoms with Gasteiger partial charge in [-0.15, -0.1) is 0 Å². The van der Waals surface area contributed by atoms with Crippen molar-refractivity contribution in [3.8, 4) is 0 Å². The number of hydrogen-bond donors (Lipinski definition) is 1. The lowest BCUT2D eigenvalue weighted by Gasteiger charge is -2.27. The third-order valence-electron chi connectivity index (χ3n) is 4.56. The highest BCUT2D eigenvalue weighted by Crippen LogP contribution is 2.44. The number of fused-ring (bicyclic) bond motifs is 1. The first-order valence-electron chi connectivity index (χ1n) is 7.63. The van der Waals surface area contributed by atoms with Gasteiger partial charge in [-0.05, 0) is 53.6 Å². The number of halogens is 1. The molecule has 0 spiro atoms. The minimum atomic E-state index is 0.463. The Morgan fingerprint density at radius 3 is 2.50 bits per heavy atom. The van der Waals surface area contributed by atoms with Crippen molar-refractivity contribution < 1.29 is 0 Å². The van der Waals surface area contributed by atoms with Crippen LogP contribution in [0.1, 0.15) is 38.3 Å². The molecule has 0 bridgehead atoms. The first-order chi connectivity index (χ1) is 9.72. The first-order valence-corrected chi connectivity index (χ1v) is 8.42. The average molecular weight is 332 g/mol. The van der Waals surface area contributed by atoms with E-state index in [1.807, 2.05) is 0 Å². The maximum absolute atomic E-state index is 3.72. The van der Waals surface area contributed by atoms with Crippen LogP contribution in [0.2, 0.25) is 0 Å².